The third-order valence-electron chi connectivity index (χ3n) is 5.29. The minimum absolute atomic E-state index is 0.0716. The van der Waals surface area contributed by atoms with Crippen molar-refractivity contribution in [3.05, 3.63) is 65.6 Å². The Morgan fingerprint density at radius 2 is 1.63 bits per heavy atom. The zero-order valence-corrected chi connectivity index (χ0v) is 14.8. The predicted molar refractivity (Wildman–Crippen MR) is 100 cm³/mol. The van der Waals surface area contributed by atoms with Crippen molar-refractivity contribution in [3.63, 3.8) is 0 Å². The first-order valence-corrected chi connectivity index (χ1v) is 8.80. The highest BCUT2D eigenvalue weighted by molar-refractivity contribution is 5.66. The molecule has 4 aromatic rings. The summed E-state index contributed by atoms with van der Waals surface area (Å²) in [6.45, 7) is 1.84. The fourth-order valence-electron chi connectivity index (χ4n) is 3.46. The predicted octanol–water partition coefficient (Wildman–Crippen LogP) is 2.42. The van der Waals surface area contributed by atoms with Crippen LogP contribution < -0.4 is 5.73 Å². The van der Waals surface area contributed by atoms with Crippen molar-refractivity contribution < 1.29 is 0 Å². The van der Waals surface area contributed by atoms with Crippen LogP contribution in [0.5, 0.6) is 0 Å². The van der Waals surface area contributed by atoms with E-state index in [0.29, 0.717) is 5.82 Å². The van der Waals surface area contributed by atoms with E-state index in [2.05, 4.69) is 67.3 Å². The Bertz CT molecular complexity index is 1070. The second kappa shape index (κ2) is 5.73. The summed E-state index contributed by atoms with van der Waals surface area (Å²) in [5.74, 6) is 1.34. The van der Waals surface area contributed by atoms with E-state index in [9.17, 15) is 0 Å². The van der Waals surface area contributed by atoms with Crippen molar-refractivity contribution in [3.8, 4) is 16.8 Å². The Morgan fingerprint density at radius 1 is 0.963 bits per heavy atom. The lowest BCUT2D eigenvalue weighted by Gasteiger charge is -2.12. The normalized spacial score (nSPS) is 15.0. The van der Waals surface area contributed by atoms with E-state index in [1.807, 2.05) is 19.1 Å². The average molecular weight is 358 g/mol. The van der Waals surface area contributed by atoms with Crippen molar-refractivity contribution in [1.82, 2.24) is 35.6 Å². The highest BCUT2D eigenvalue weighted by Crippen LogP contribution is 2.52. The fourth-order valence-corrected chi connectivity index (χ4v) is 3.46. The molecule has 3 N–H and O–H groups in total. The lowest BCUT2D eigenvalue weighted by Crippen LogP contribution is -2.10. The molecule has 1 aliphatic carbocycles. The number of nitrogens with zero attached hydrogens (tertiary/aromatic N) is 6. The Morgan fingerprint density at radius 3 is 2.15 bits per heavy atom. The molecule has 0 amide bonds. The van der Waals surface area contributed by atoms with Crippen LogP contribution in [0.3, 0.4) is 0 Å². The summed E-state index contributed by atoms with van der Waals surface area (Å²) in [5, 5.41) is 22.7. The van der Waals surface area contributed by atoms with Crippen molar-refractivity contribution in [2.45, 2.75) is 25.2 Å². The molecule has 5 rings (SSSR count). The van der Waals surface area contributed by atoms with E-state index in [4.69, 9.17) is 5.73 Å². The van der Waals surface area contributed by atoms with Gasteiger partial charge in [-0.3, -0.25) is 0 Å². The molecule has 0 radical (unpaired) electrons. The van der Waals surface area contributed by atoms with Gasteiger partial charge in [-0.1, -0.05) is 46.8 Å². The van der Waals surface area contributed by atoms with Crippen molar-refractivity contribution >= 4 is 5.82 Å². The van der Waals surface area contributed by atoms with E-state index in [1.165, 1.54) is 5.56 Å². The van der Waals surface area contributed by atoms with Gasteiger partial charge in [0.1, 0.15) is 5.69 Å². The molecule has 1 aliphatic rings. The zero-order chi connectivity index (χ0) is 18.4. The largest absolute Gasteiger partial charge is 0.382 e. The van der Waals surface area contributed by atoms with Gasteiger partial charge < -0.3 is 5.73 Å². The molecule has 1 saturated carbocycles. The number of nitrogen functional groups attached to an aromatic ring is 1. The minimum atomic E-state index is -0.0716. The SMILES string of the molecule is Cc1nnn(-c2ccc(-c3ccc(C4(c5nn[nH]n5)CC4)cc3)cc2)c1N. The van der Waals surface area contributed by atoms with Crippen molar-refractivity contribution in [2.24, 2.45) is 0 Å². The van der Waals surface area contributed by atoms with Crippen molar-refractivity contribution in [2.75, 3.05) is 5.73 Å². The summed E-state index contributed by atoms with van der Waals surface area (Å²) in [4.78, 5) is 0. The molecular formula is C19H18N8. The quantitative estimate of drug-likeness (QED) is 0.579. The standard InChI is InChI=1S/C19H18N8/c1-12-17(20)27(26-21-12)16-8-4-14(5-9-16)13-2-6-15(7-3-13)19(10-11-19)18-22-24-25-23-18/h2-9H,10-11,20H2,1H3,(H,22,23,24,25). The summed E-state index contributed by atoms with van der Waals surface area (Å²) >= 11 is 0. The number of nitrogens with one attached hydrogen (secondary N) is 1. The number of hydrogen-bond acceptors (Lipinski definition) is 6. The van der Waals surface area contributed by atoms with Crippen LogP contribution in [-0.4, -0.2) is 35.6 Å². The second-order valence-corrected chi connectivity index (χ2v) is 6.91. The average Bonchev–Trinajstić information content (AvgIpc) is 3.18. The molecule has 8 heteroatoms. The first kappa shape index (κ1) is 15.7. The molecule has 2 heterocycles. The van der Waals surface area contributed by atoms with E-state index >= 15 is 0 Å². The highest BCUT2D eigenvalue weighted by Gasteiger charge is 2.49. The van der Waals surface area contributed by atoms with Gasteiger partial charge in [0.25, 0.3) is 0 Å². The molecule has 0 atom stereocenters. The number of aromatic amines is 1. The Labute approximate surface area is 155 Å². The molecule has 134 valence electrons. The lowest BCUT2D eigenvalue weighted by molar-refractivity contribution is 0.759. The second-order valence-electron chi connectivity index (χ2n) is 6.91. The lowest BCUT2D eigenvalue weighted by atomic mass is 9.93. The molecule has 0 saturated heterocycles. The Kier molecular flexibility index (Phi) is 3.33. The number of aromatic nitrogens is 7. The molecule has 0 aliphatic heterocycles. The van der Waals surface area contributed by atoms with Gasteiger partial charge in [-0.05, 0) is 48.6 Å². The Balaban J connectivity index is 1.42. The van der Waals surface area contributed by atoms with Crippen LogP contribution in [-0.2, 0) is 5.41 Å². The first-order chi connectivity index (χ1) is 13.2. The molecule has 1 fully saturated rings. The molecule has 8 nitrogen and oxygen atoms in total. The number of anilines is 1. The monoisotopic (exact) mass is 358 g/mol. The molecule has 2 aromatic carbocycles. The summed E-state index contributed by atoms with van der Waals surface area (Å²) in [6.07, 6.45) is 2.11. The summed E-state index contributed by atoms with van der Waals surface area (Å²) in [6, 6.07) is 16.7. The van der Waals surface area contributed by atoms with Crippen molar-refractivity contribution in [1.29, 1.82) is 0 Å². The third-order valence-corrected chi connectivity index (χ3v) is 5.29. The molecule has 0 spiro atoms. The van der Waals surface area contributed by atoms with E-state index < -0.39 is 0 Å². The number of nitrogens with two attached hydrogens (primary N) is 1. The maximum Gasteiger partial charge on any atom is 0.185 e. The molecule has 0 unspecified atom stereocenters. The van der Waals surface area contributed by atoms with Crippen LogP contribution in [0, 0.1) is 6.92 Å². The van der Waals surface area contributed by atoms with Crippen LogP contribution in [0.25, 0.3) is 16.8 Å². The van der Waals surface area contributed by atoms with E-state index in [-0.39, 0.29) is 5.41 Å². The molecule has 0 bridgehead atoms. The van der Waals surface area contributed by atoms with Crippen LogP contribution >= 0.6 is 0 Å². The molecule has 2 aromatic heterocycles. The van der Waals surface area contributed by atoms with Crippen LogP contribution in [0.2, 0.25) is 0 Å². The van der Waals surface area contributed by atoms with Gasteiger partial charge in [-0.2, -0.15) is 9.90 Å². The number of aryl methyl sites for hydroxylation is 1. The first-order valence-electron chi connectivity index (χ1n) is 8.80. The number of tetrazole rings is 1. The summed E-state index contributed by atoms with van der Waals surface area (Å²) in [5.41, 5.74) is 11.1. The van der Waals surface area contributed by atoms with Crippen LogP contribution in [0.15, 0.2) is 48.5 Å². The number of benzene rings is 2. The van der Waals surface area contributed by atoms with Gasteiger partial charge in [0, 0.05) is 0 Å². The van der Waals surface area contributed by atoms with Gasteiger partial charge in [-0.15, -0.1) is 15.3 Å². The van der Waals surface area contributed by atoms with Gasteiger partial charge in [-0.25, -0.2) is 0 Å². The summed E-state index contributed by atoms with van der Waals surface area (Å²) < 4.78 is 1.64. The maximum absolute atomic E-state index is 6.01. The van der Waals surface area contributed by atoms with Crippen LogP contribution in [0.4, 0.5) is 5.82 Å². The topological polar surface area (TPSA) is 111 Å². The summed E-state index contributed by atoms with van der Waals surface area (Å²) in [7, 11) is 0. The Hall–Kier alpha value is -3.55. The van der Waals surface area contributed by atoms with Gasteiger partial charge in [0.2, 0.25) is 0 Å². The highest BCUT2D eigenvalue weighted by atomic mass is 15.5. The molecule has 27 heavy (non-hydrogen) atoms. The van der Waals surface area contributed by atoms with Gasteiger partial charge >= 0.3 is 0 Å². The molecular weight excluding hydrogens is 340 g/mol. The zero-order valence-electron chi connectivity index (χ0n) is 14.8. The van der Waals surface area contributed by atoms with E-state index in [1.54, 1.807) is 4.68 Å². The number of H-pyrrole nitrogens is 1. The minimum Gasteiger partial charge on any atom is -0.382 e. The fraction of sp³-hybridized carbons (Fsp3) is 0.211. The smallest absolute Gasteiger partial charge is 0.185 e. The third kappa shape index (κ3) is 2.49. The van der Waals surface area contributed by atoms with Crippen LogP contribution in [0.1, 0.15) is 29.9 Å². The maximum atomic E-state index is 6.01. The van der Waals surface area contributed by atoms with E-state index in [0.717, 1.165) is 41.2 Å². The number of hydrogen-bond donors (Lipinski definition) is 2. The van der Waals surface area contributed by atoms with Gasteiger partial charge in [0.15, 0.2) is 11.6 Å². The number of rotatable bonds is 4. The van der Waals surface area contributed by atoms with Gasteiger partial charge in [0.05, 0.1) is 11.1 Å².